The molecule has 2 atom stereocenters. The van der Waals surface area contributed by atoms with Gasteiger partial charge in [0.15, 0.2) is 0 Å². The molecule has 1 aromatic carbocycles. The van der Waals surface area contributed by atoms with Crippen LogP contribution in [0.5, 0.6) is 5.75 Å². The van der Waals surface area contributed by atoms with Gasteiger partial charge in [-0.15, -0.1) is 0 Å². The molecule has 22 heavy (non-hydrogen) atoms. The van der Waals surface area contributed by atoms with Crippen LogP contribution in [0.15, 0.2) is 18.2 Å². The van der Waals surface area contributed by atoms with Crippen molar-refractivity contribution in [2.24, 2.45) is 0 Å². The van der Waals surface area contributed by atoms with Gasteiger partial charge in [0, 0.05) is 26.3 Å². The summed E-state index contributed by atoms with van der Waals surface area (Å²) in [4.78, 5) is 14.3. The van der Waals surface area contributed by atoms with Gasteiger partial charge in [0.05, 0.1) is 32.3 Å². The molecule has 1 amide bonds. The molecule has 0 unspecified atom stereocenters. The van der Waals surface area contributed by atoms with E-state index in [0.717, 1.165) is 6.42 Å². The quantitative estimate of drug-likeness (QED) is 0.801. The minimum Gasteiger partial charge on any atom is -0.496 e. The first-order valence-electron chi connectivity index (χ1n) is 7.22. The van der Waals surface area contributed by atoms with Gasteiger partial charge in [-0.2, -0.15) is 0 Å². The SMILES string of the molecule is COC[C@@H]1C[C@H](OC)CN1C(=O)Cc1cc(F)ccc1OC. The fourth-order valence-corrected chi connectivity index (χ4v) is 2.85. The lowest BCUT2D eigenvalue weighted by Crippen LogP contribution is -2.39. The van der Waals surface area contributed by atoms with Crippen molar-refractivity contribution in [1.82, 2.24) is 4.90 Å². The molecule has 1 fully saturated rings. The lowest BCUT2D eigenvalue weighted by Gasteiger charge is -2.24. The van der Waals surface area contributed by atoms with E-state index in [1.165, 1.54) is 25.3 Å². The van der Waals surface area contributed by atoms with Crippen LogP contribution in [-0.2, 0) is 20.7 Å². The highest BCUT2D eigenvalue weighted by Gasteiger charge is 2.35. The molecule has 6 heteroatoms. The minimum atomic E-state index is -0.381. The largest absolute Gasteiger partial charge is 0.496 e. The smallest absolute Gasteiger partial charge is 0.227 e. The molecule has 0 aromatic heterocycles. The number of halogens is 1. The Morgan fingerprint density at radius 1 is 1.36 bits per heavy atom. The van der Waals surface area contributed by atoms with Crippen molar-refractivity contribution in [2.75, 3.05) is 34.5 Å². The lowest BCUT2D eigenvalue weighted by molar-refractivity contribution is -0.132. The number of amides is 1. The van der Waals surface area contributed by atoms with E-state index in [-0.39, 0.29) is 30.3 Å². The Labute approximate surface area is 130 Å². The summed E-state index contributed by atoms with van der Waals surface area (Å²) in [6.07, 6.45) is 0.854. The molecular weight excluding hydrogens is 289 g/mol. The second kappa shape index (κ2) is 7.56. The van der Waals surface area contributed by atoms with Gasteiger partial charge in [0.1, 0.15) is 11.6 Å². The zero-order valence-electron chi connectivity index (χ0n) is 13.2. The second-order valence-corrected chi connectivity index (χ2v) is 5.38. The Bertz CT molecular complexity index is 523. The molecule has 1 aliphatic heterocycles. The van der Waals surface area contributed by atoms with E-state index in [1.54, 1.807) is 19.1 Å². The van der Waals surface area contributed by atoms with Gasteiger partial charge in [-0.3, -0.25) is 4.79 Å². The third kappa shape index (κ3) is 3.75. The van der Waals surface area contributed by atoms with Gasteiger partial charge in [-0.1, -0.05) is 0 Å². The summed E-state index contributed by atoms with van der Waals surface area (Å²) in [5, 5.41) is 0. The molecular formula is C16H22FNO4. The first-order valence-corrected chi connectivity index (χ1v) is 7.22. The standard InChI is InChI=1S/C16H22FNO4/c1-20-10-13-8-14(21-2)9-18(13)16(19)7-11-6-12(17)4-5-15(11)22-3/h4-6,13-14H,7-10H2,1-3H3/t13-,14-/m0/s1. The van der Waals surface area contributed by atoms with Crippen LogP contribution in [-0.4, -0.2) is 57.4 Å². The van der Waals surface area contributed by atoms with Gasteiger partial charge in [-0.05, 0) is 24.6 Å². The van der Waals surface area contributed by atoms with E-state index >= 15 is 0 Å². The molecule has 1 aromatic rings. The van der Waals surface area contributed by atoms with E-state index in [0.29, 0.717) is 24.5 Å². The predicted octanol–water partition coefficient (Wildman–Crippen LogP) is 1.64. The molecule has 5 nitrogen and oxygen atoms in total. The molecule has 122 valence electrons. The summed E-state index contributed by atoms with van der Waals surface area (Å²) in [5.41, 5.74) is 0.546. The van der Waals surface area contributed by atoms with Crippen molar-refractivity contribution in [1.29, 1.82) is 0 Å². The van der Waals surface area contributed by atoms with Gasteiger partial charge >= 0.3 is 0 Å². The fourth-order valence-electron chi connectivity index (χ4n) is 2.85. The van der Waals surface area contributed by atoms with Gasteiger partial charge < -0.3 is 19.1 Å². The molecule has 0 bridgehead atoms. The summed E-state index contributed by atoms with van der Waals surface area (Å²) in [5.74, 6) is 0.0549. The number of likely N-dealkylation sites (tertiary alicyclic amines) is 1. The van der Waals surface area contributed by atoms with Crippen molar-refractivity contribution in [3.05, 3.63) is 29.6 Å². The number of methoxy groups -OCH3 is 3. The number of rotatable bonds is 6. The molecule has 0 N–H and O–H groups in total. The highest BCUT2D eigenvalue weighted by Crippen LogP contribution is 2.24. The first-order chi connectivity index (χ1) is 10.6. The molecule has 0 radical (unpaired) electrons. The molecule has 1 saturated heterocycles. The van der Waals surface area contributed by atoms with Gasteiger partial charge in [0.25, 0.3) is 0 Å². The van der Waals surface area contributed by atoms with Crippen LogP contribution in [0.2, 0.25) is 0 Å². The topological polar surface area (TPSA) is 48.0 Å². The summed E-state index contributed by atoms with van der Waals surface area (Å²) >= 11 is 0. The normalized spacial score (nSPS) is 21.2. The highest BCUT2D eigenvalue weighted by molar-refractivity contribution is 5.80. The average molecular weight is 311 g/mol. The summed E-state index contributed by atoms with van der Waals surface area (Å²) < 4.78 is 29.1. The molecule has 0 spiro atoms. The van der Waals surface area contributed by atoms with E-state index < -0.39 is 0 Å². The first kappa shape index (κ1) is 16.7. The van der Waals surface area contributed by atoms with E-state index in [1.807, 2.05) is 0 Å². The zero-order chi connectivity index (χ0) is 16.1. The fraction of sp³-hybridized carbons (Fsp3) is 0.562. The predicted molar refractivity (Wildman–Crippen MR) is 79.4 cm³/mol. The van der Waals surface area contributed by atoms with Crippen LogP contribution < -0.4 is 4.74 Å². The Morgan fingerprint density at radius 3 is 2.77 bits per heavy atom. The number of hydrogen-bond acceptors (Lipinski definition) is 4. The third-order valence-corrected chi connectivity index (χ3v) is 3.97. The van der Waals surface area contributed by atoms with Gasteiger partial charge in [0.2, 0.25) is 5.91 Å². The number of ether oxygens (including phenoxy) is 3. The van der Waals surface area contributed by atoms with Crippen molar-refractivity contribution in [3.8, 4) is 5.75 Å². The maximum Gasteiger partial charge on any atom is 0.227 e. The number of benzene rings is 1. The summed E-state index contributed by atoms with van der Waals surface area (Å²) in [7, 11) is 4.75. The Balaban J connectivity index is 2.12. The Hall–Kier alpha value is -1.66. The number of nitrogens with zero attached hydrogens (tertiary/aromatic N) is 1. The maximum absolute atomic E-state index is 13.4. The molecule has 1 heterocycles. The number of hydrogen-bond donors (Lipinski definition) is 0. The van der Waals surface area contributed by atoms with Crippen LogP contribution >= 0.6 is 0 Å². The Morgan fingerprint density at radius 2 is 2.14 bits per heavy atom. The van der Waals surface area contributed by atoms with Crippen LogP contribution in [0.1, 0.15) is 12.0 Å². The van der Waals surface area contributed by atoms with Crippen molar-refractivity contribution < 1.29 is 23.4 Å². The molecule has 0 saturated carbocycles. The average Bonchev–Trinajstić information content (AvgIpc) is 2.91. The zero-order valence-corrected chi connectivity index (χ0v) is 13.2. The number of carbonyl (C=O) groups is 1. The van der Waals surface area contributed by atoms with Crippen LogP contribution in [0, 0.1) is 5.82 Å². The third-order valence-electron chi connectivity index (χ3n) is 3.97. The van der Waals surface area contributed by atoms with Crippen LogP contribution in [0.3, 0.4) is 0 Å². The summed E-state index contributed by atoms with van der Waals surface area (Å²) in [6.45, 7) is 0.993. The number of carbonyl (C=O) groups excluding carboxylic acids is 1. The Kier molecular flexibility index (Phi) is 5.74. The van der Waals surface area contributed by atoms with Crippen molar-refractivity contribution in [3.63, 3.8) is 0 Å². The maximum atomic E-state index is 13.4. The summed E-state index contributed by atoms with van der Waals surface area (Å²) in [6, 6.07) is 4.18. The molecule has 1 aliphatic rings. The van der Waals surface area contributed by atoms with Crippen LogP contribution in [0.4, 0.5) is 4.39 Å². The van der Waals surface area contributed by atoms with E-state index in [2.05, 4.69) is 0 Å². The minimum absolute atomic E-state index is 0.0120. The van der Waals surface area contributed by atoms with Crippen LogP contribution in [0.25, 0.3) is 0 Å². The molecule has 0 aliphatic carbocycles. The highest BCUT2D eigenvalue weighted by atomic mass is 19.1. The monoisotopic (exact) mass is 311 g/mol. The molecule has 2 rings (SSSR count). The van der Waals surface area contributed by atoms with E-state index in [4.69, 9.17) is 14.2 Å². The van der Waals surface area contributed by atoms with Gasteiger partial charge in [-0.25, -0.2) is 4.39 Å². The van der Waals surface area contributed by atoms with Crippen molar-refractivity contribution >= 4 is 5.91 Å². The van der Waals surface area contributed by atoms with E-state index in [9.17, 15) is 9.18 Å². The second-order valence-electron chi connectivity index (χ2n) is 5.38. The van der Waals surface area contributed by atoms with Crippen molar-refractivity contribution in [2.45, 2.75) is 25.0 Å². The lowest BCUT2D eigenvalue weighted by atomic mass is 10.1.